The van der Waals surface area contributed by atoms with Gasteiger partial charge in [0.1, 0.15) is 5.75 Å². The molecule has 0 saturated heterocycles. The Morgan fingerprint density at radius 1 is 1.40 bits per heavy atom. The fourth-order valence-electron chi connectivity index (χ4n) is 1.73. The van der Waals surface area contributed by atoms with Crippen LogP contribution in [0.3, 0.4) is 0 Å². The summed E-state index contributed by atoms with van der Waals surface area (Å²) in [5, 5.41) is 8.94. The monoisotopic (exact) mass is 209 g/mol. The van der Waals surface area contributed by atoms with Crippen molar-refractivity contribution in [2.75, 3.05) is 13.7 Å². The molecule has 0 saturated carbocycles. The van der Waals surface area contributed by atoms with Gasteiger partial charge in [0.2, 0.25) is 0 Å². The molecule has 84 valence electrons. The molecule has 3 N–H and O–H groups in total. The van der Waals surface area contributed by atoms with E-state index in [0.717, 1.165) is 16.9 Å². The summed E-state index contributed by atoms with van der Waals surface area (Å²) in [6.45, 7) is 4.07. The van der Waals surface area contributed by atoms with Crippen molar-refractivity contribution in [3.8, 4) is 5.75 Å². The largest absolute Gasteiger partial charge is 0.496 e. The Kier molecular flexibility index (Phi) is 4.12. The number of rotatable bonds is 4. The number of hydrogen-bond acceptors (Lipinski definition) is 3. The summed E-state index contributed by atoms with van der Waals surface area (Å²) in [7, 11) is 1.65. The van der Waals surface area contributed by atoms with Crippen LogP contribution in [-0.4, -0.2) is 24.9 Å². The van der Waals surface area contributed by atoms with Gasteiger partial charge in [0.05, 0.1) is 13.7 Å². The minimum absolute atomic E-state index is 0.00350. The molecule has 15 heavy (non-hydrogen) atoms. The van der Waals surface area contributed by atoms with Crippen molar-refractivity contribution in [3.05, 3.63) is 28.8 Å². The molecule has 0 aromatic heterocycles. The number of aliphatic hydroxyl groups excluding tert-OH is 1. The highest BCUT2D eigenvalue weighted by Crippen LogP contribution is 2.25. The first-order chi connectivity index (χ1) is 7.08. The second kappa shape index (κ2) is 5.14. The lowest BCUT2D eigenvalue weighted by Crippen LogP contribution is -2.27. The number of methoxy groups -OCH3 is 1. The van der Waals surface area contributed by atoms with Gasteiger partial charge in [-0.25, -0.2) is 0 Å². The van der Waals surface area contributed by atoms with Gasteiger partial charge in [0, 0.05) is 6.04 Å². The van der Waals surface area contributed by atoms with Crippen LogP contribution in [0.25, 0.3) is 0 Å². The van der Waals surface area contributed by atoms with Crippen LogP contribution in [0.4, 0.5) is 0 Å². The average molecular weight is 209 g/mol. The van der Waals surface area contributed by atoms with Crippen molar-refractivity contribution >= 4 is 0 Å². The average Bonchev–Trinajstić information content (AvgIpc) is 2.21. The van der Waals surface area contributed by atoms with Crippen LogP contribution in [0.2, 0.25) is 0 Å². The van der Waals surface area contributed by atoms with E-state index in [1.165, 1.54) is 5.56 Å². The number of benzene rings is 1. The third kappa shape index (κ3) is 2.94. The van der Waals surface area contributed by atoms with Gasteiger partial charge < -0.3 is 15.6 Å². The smallest absolute Gasteiger partial charge is 0.122 e. The molecule has 3 heteroatoms. The number of ether oxygens (including phenoxy) is 1. The predicted octanol–water partition coefficient (Wildman–Crippen LogP) is 1.17. The third-order valence-electron chi connectivity index (χ3n) is 2.50. The van der Waals surface area contributed by atoms with Crippen molar-refractivity contribution < 1.29 is 9.84 Å². The summed E-state index contributed by atoms with van der Waals surface area (Å²) in [6.07, 6.45) is 0.645. The van der Waals surface area contributed by atoms with Gasteiger partial charge >= 0.3 is 0 Å². The highest BCUT2D eigenvalue weighted by molar-refractivity contribution is 5.43. The molecule has 0 radical (unpaired) electrons. The Bertz CT molecular complexity index is 337. The molecule has 3 nitrogen and oxygen atoms in total. The molecule has 0 aliphatic carbocycles. The van der Waals surface area contributed by atoms with Crippen LogP contribution in [0, 0.1) is 13.8 Å². The minimum Gasteiger partial charge on any atom is -0.496 e. The lowest BCUT2D eigenvalue weighted by Gasteiger charge is -2.15. The molecule has 0 fully saturated rings. The first-order valence-corrected chi connectivity index (χ1v) is 5.09. The van der Waals surface area contributed by atoms with E-state index in [1.807, 2.05) is 19.9 Å². The lowest BCUT2D eigenvalue weighted by molar-refractivity contribution is 0.264. The van der Waals surface area contributed by atoms with Crippen molar-refractivity contribution in [1.82, 2.24) is 0 Å². The molecule has 1 atom stereocenters. The highest BCUT2D eigenvalue weighted by Gasteiger charge is 2.11. The van der Waals surface area contributed by atoms with Gasteiger partial charge in [-0.05, 0) is 43.0 Å². The summed E-state index contributed by atoms with van der Waals surface area (Å²) in [6, 6.07) is 3.87. The number of hydrogen-bond donors (Lipinski definition) is 2. The Morgan fingerprint density at radius 2 is 2.07 bits per heavy atom. The van der Waals surface area contributed by atoms with Gasteiger partial charge in [0.25, 0.3) is 0 Å². The van der Waals surface area contributed by atoms with E-state index >= 15 is 0 Å². The maximum atomic E-state index is 8.94. The van der Waals surface area contributed by atoms with Crippen LogP contribution in [-0.2, 0) is 6.42 Å². The number of nitrogens with two attached hydrogens (primary N) is 1. The van der Waals surface area contributed by atoms with Crippen molar-refractivity contribution in [2.45, 2.75) is 26.3 Å². The zero-order valence-corrected chi connectivity index (χ0v) is 9.58. The molecule has 0 amide bonds. The zero-order chi connectivity index (χ0) is 11.4. The number of aliphatic hydroxyl groups is 1. The Labute approximate surface area is 90.9 Å². The molecule has 0 spiro atoms. The second-order valence-electron chi connectivity index (χ2n) is 3.91. The summed E-state index contributed by atoms with van der Waals surface area (Å²) in [4.78, 5) is 0. The Hall–Kier alpha value is -1.06. The van der Waals surface area contributed by atoms with E-state index in [4.69, 9.17) is 15.6 Å². The molecular formula is C12H19NO2. The van der Waals surface area contributed by atoms with E-state index in [9.17, 15) is 0 Å². The number of aryl methyl sites for hydroxylation is 2. The molecule has 0 aliphatic rings. The van der Waals surface area contributed by atoms with Gasteiger partial charge in [-0.2, -0.15) is 0 Å². The van der Waals surface area contributed by atoms with Gasteiger partial charge in [0.15, 0.2) is 0 Å². The van der Waals surface area contributed by atoms with Crippen molar-refractivity contribution in [1.29, 1.82) is 0 Å². The fourth-order valence-corrected chi connectivity index (χ4v) is 1.73. The zero-order valence-electron chi connectivity index (χ0n) is 9.58. The standard InChI is InChI=1S/C12H19NO2/c1-8-4-9(2)11(6-10(13)7-14)12(5-8)15-3/h4-5,10,14H,6-7,13H2,1-3H3. The normalized spacial score (nSPS) is 12.6. The van der Waals surface area contributed by atoms with E-state index < -0.39 is 0 Å². The van der Waals surface area contributed by atoms with Crippen LogP contribution in [0.15, 0.2) is 12.1 Å². The summed E-state index contributed by atoms with van der Waals surface area (Å²) in [5.41, 5.74) is 9.15. The molecule has 0 aliphatic heterocycles. The predicted molar refractivity (Wildman–Crippen MR) is 61.2 cm³/mol. The molecule has 1 aromatic rings. The fraction of sp³-hybridized carbons (Fsp3) is 0.500. The molecule has 1 aromatic carbocycles. The van der Waals surface area contributed by atoms with Crippen LogP contribution in [0.1, 0.15) is 16.7 Å². The van der Waals surface area contributed by atoms with Crippen LogP contribution >= 0.6 is 0 Å². The van der Waals surface area contributed by atoms with E-state index in [-0.39, 0.29) is 12.6 Å². The van der Waals surface area contributed by atoms with E-state index in [2.05, 4.69) is 6.07 Å². The minimum atomic E-state index is -0.222. The molecule has 0 bridgehead atoms. The van der Waals surface area contributed by atoms with Crippen molar-refractivity contribution in [2.24, 2.45) is 5.73 Å². The lowest BCUT2D eigenvalue weighted by atomic mass is 9.98. The second-order valence-corrected chi connectivity index (χ2v) is 3.91. The van der Waals surface area contributed by atoms with Crippen molar-refractivity contribution in [3.63, 3.8) is 0 Å². The summed E-state index contributed by atoms with van der Waals surface area (Å²) in [5.74, 6) is 0.858. The van der Waals surface area contributed by atoms with Gasteiger partial charge in [-0.3, -0.25) is 0 Å². The van der Waals surface area contributed by atoms with E-state index in [1.54, 1.807) is 7.11 Å². The Balaban J connectivity index is 3.04. The SMILES string of the molecule is COc1cc(C)cc(C)c1CC(N)CO. The first kappa shape index (κ1) is 12.0. The summed E-state index contributed by atoms with van der Waals surface area (Å²) < 4.78 is 5.32. The topological polar surface area (TPSA) is 55.5 Å². The first-order valence-electron chi connectivity index (χ1n) is 5.09. The van der Waals surface area contributed by atoms with Gasteiger partial charge in [-0.1, -0.05) is 6.07 Å². The molecule has 1 unspecified atom stereocenters. The maximum Gasteiger partial charge on any atom is 0.122 e. The summed E-state index contributed by atoms with van der Waals surface area (Å²) >= 11 is 0. The quantitative estimate of drug-likeness (QED) is 0.782. The highest BCUT2D eigenvalue weighted by atomic mass is 16.5. The third-order valence-corrected chi connectivity index (χ3v) is 2.50. The van der Waals surface area contributed by atoms with Crippen LogP contribution < -0.4 is 10.5 Å². The molecule has 0 heterocycles. The van der Waals surface area contributed by atoms with E-state index in [0.29, 0.717) is 6.42 Å². The van der Waals surface area contributed by atoms with Crippen LogP contribution in [0.5, 0.6) is 5.75 Å². The maximum absolute atomic E-state index is 8.94. The van der Waals surface area contributed by atoms with Gasteiger partial charge in [-0.15, -0.1) is 0 Å². The molecular weight excluding hydrogens is 190 g/mol. The Morgan fingerprint density at radius 3 is 2.60 bits per heavy atom. The molecule has 1 rings (SSSR count).